The molecule has 0 spiro atoms. The number of benzene rings is 1. The van der Waals surface area contributed by atoms with Crippen molar-refractivity contribution in [1.29, 1.82) is 0 Å². The second-order valence-corrected chi connectivity index (χ2v) is 5.05. The van der Waals surface area contributed by atoms with Gasteiger partial charge >= 0.3 is 0 Å². The Balaban J connectivity index is 2.30. The van der Waals surface area contributed by atoms with Gasteiger partial charge in [0.1, 0.15) is 0 Å². The van der Waals surface area contributed by atoms with Crippen LogP contribution in [0.25, 0.3) is 0 Å². The maximum atomic E-state index is 5.39. The highest BCUT2D eigenvalue weighted by atomic mass is 79.9. The summed E-state index contributed by atoms with van der Waals surface area (Å²) in [5.41, 5.74) is 2.50. The van der Waals surface area contributed by atoms with Gasteiger partial charge in [-0.25, -0.2) is 4.40 Å². The summed E-state index contributed by atoms with van der Waals surface area (Å²) in [6, 6.07) is 6.34. The molecule has 16 heavy (non-hydrogen) atoms. The smallest absolute Gasteiger partial charge is 0.0471 e. The van der Waals surface area contributed by atoms with Crippen LogP contribution in [0, 0.1) is 0 Å². The van der Waals surface area contributed by atoms with Crippen molar-refractivity contribution in [3.63, 3.8) is 0 Å². The summed E-state index contributed by atoms with van der Waals surface area (Å²) in [5.74, 6) is 0.586. The van der Waals surface area contributed by atoms with Crippen LogP contribution < -0.4 is 0 Å². The summed E-state index contributed by atoms with van der Waals surface area (Å²) in [7, 11) is 0. The van der Waals surface area contributed by atoms with Gasteiger partial charge in [-0.3, -0.25) is 0 Å². The summed E-state index contributed by atoms with van der Waals surface area (Å²) in [5, 5.41) is 0. The lowest BCUT2D eigenvalue weighted by Gasteiger charge is -2.23. The van der Waals surface area contributed by atoms with E-state index in [0.717, 1.165) is 36.1 Å². The van der Waals surface area contributed by atoms with E-state index in [1.807, 2.05) is 0 Å². The summed E-state index contributed by atoms with van der Waals surface area (Å²) < 4.78 is 10.3. The first-order valence-electron chi connectivity index (χ1n) is 5.36. The monoisotopic (exact) mass is 299 g/mol. The molecule has 1 aliphatic heterocycles. The van der Waals surface area contributed by atoms with Gasteiger partial charge in [0.05, 0.1) is 0 Å². The van der Waals surface area contributed by atoms with Gasteiger partial charge in [0.15, 0.2) is 0 Å². The van der Waals surface area contributed by atoms with Crippen LogP contribution in [0.15, 0.2) is 27.1 Å². The number of nitrogens with zero attached hydrogens (tertiary/aromatic N) is 1. The van der Waals surface area contributed by atoms with E-state index in [9.17, 15) is 0 Å². The highest BCUT2D eigenvalue weighted by Gasteiger charge is 2.18. The molecule has 86 valence electrons. The molecule has 2 rings (SSSR count). The fourth-order valence-corrected chi connectivity index (χ4v) is 2.60. The molecule has 0 amide bonds. The lowest BCUT2D eigenvalue weighted by molar-refractivity contribution is 0.0853. The summed E-state index contributed by atoms with van der Waals surface area (Å²) in [6.45, 7) is 1.72. The minimum Gasteiger partial charge on any atom is -0.381 e. The van der Waals surface area contributed by atoms with E-state index in [0.29, 0.717) is 5.92 Å². The Hall–Kier alpha value is -0.320. The quantitative estimate of drug-likeness (QED) is 0.654. The average molecular weight is 300 g/mol. The van der Waals surface area contributed by atoms with Crippen LogP contribution in [0.1, 0.15) is 29.9 Å². The van der Waals surface area contributed by atoms with E-state index in [-0.39, 0.29) is 0 Å². The van der Waals surface area contributed by atoms with Crippen LogP contribution in [-0.2, 0) is 4.74 Å². The van der Waals surface area contributed by atoms with Gasteiger partial charge in [-0.15, -0.1) is 0 Å². The Labute approximate surface area is 110 Å². The molecule has 0 N–H and O–H groups in total. The third-order valence-corrected chi connectivity index (χ3v) is 3.52. The van der Waals surface area contributed by atoms with Crippen molar-refractivity contribution >= 4 is 35.0 Å². The topological polar surface area (TPSA) is 21.6 Å². The van der Waals surface area contributed by atoms with Crippen molar-refractivity contribution < 1.29 is 4.74 Å². The summed E-state index contributed by atoms with van der Waals surface area (Å²) in [6.07, 6.45) is 3.99. The Morgan fingerprint density at radius 3 is 2.81 bits per heavy atom. The predicted octanol–water partition coefficient (Wildman–Crippen LogP) is 3.61. The zero-order valence-electron chi connectivity index (χ0n) is 8.90. The molecule has 1 aromatic rings. The number of thiol groups is 1. The van der Waals surface area contributed by atoms with Gasteiger partial charge in [-0.1, -0.05) is 22.0 Å². The maximum Gasteiger partial charge on any atom is 0.0471 e. The molecule has 2 nitrogen and oxygen atoms in total. The number of rotatable bonds is 2. The third-order valence-electron chi connectivity index (χ3n) is 2.91. The van der Waals surface area contributed by atoms with Crippen LogP contribution in [0.3, 0.4) is 0 Å². The van der Waals surface area contributed by atoms with E-state index in [4.69, 9.17) is 4.74 Å². The number of ether oxygens (including phenoxy) is 1. The first kappa shape index (κ1) is 12.1. The third kappa shape index (κ3) is 2.87. The van der Waals surface area contributed by atoms with Crippen molar-refractivity contribution in [2.45, 2.75) is 18.8 Å². The predicted molar refractivity (Wildman–Crippen MR) is 73.5 cm³/mol. The van der Waals surface area contributed by atoms with E-state index in [2.05, 4.69) is 51.3 Å². The second-order valence-electron chi connectivity index (χ2n) is 3.90. The molecule has 1 heterocycles. The number of hydrogen-bond donors (Lipinski definition) is 1. The second kappa shape index (κ2) is 5.84. The fraction of sp³-hybridized carbons (Fsp3) is 0.417. The standard InChI is InChI=1S/C12H14BrNOS/c13-11-1-2-12(10(7-11)8-14-16)9-3-5-15-6-4-9/h1-2,7-9,16H,3-6H2. The van der Waals surface area contributed by atoms with Crippen molar-refractivity contribution in [3.8, 4) is 0 Å². The first-order valence-corrected chi connectivity index (χ1v) is 6.55. The van der Waals surface area contributed by atoms with E-state index in [1.54, 1.807) is 6.21 Å². The largest absolute Gasteiger partial charge is 0.381 e. The Kier molecular flexibility index (Phi) is 4.44. The van der Waals surface area contributed by atoms with E-state index < -0.39 is 0 Å². The maximum absolute atomic E-state index is 5.39. The minimum atomic E-state index is 0.586. The molecular formula is C12H14BrNOS. The molecule has 0 atom stereocenters. The van der Waals surface area contributed by atoms with Crippen LogP contribution in [0.5, 0.6) is 0 Å². The minimum absolute atomic E-state index is 0.586. The normalized spacial score (nSPS) is 18.1. The molecule has 1 fully saturated rings. The zero-order valence-corrected chi connectivity index (χ0v) is 11.4. The Morgan fingerprint density at radius 1 is 1.38 bits per heavy atom. The SMILES string of the molecule is SN=Cc1cc(Br)ccc1C1CCOCC1. The van der Waals surface area contributed by atoms with Crippen molar-refractivity contribution in [1.82, 2.24) is 0 Å². The molecular weight excluding hydrogens is 286 g/mol. The molecule has 0 aliphatic carbocycles. The van der Waals surface area contributed by atoms with Gasteiger partial charge in [-0.05, 0) is 54.8 Å². The molecule has 1 saturated heterocycles. The molecule has 1 aliphatic rings. The van der Waals surface area contributed by atoms with Crippen LogP contribution >= 0.6 is 28.7 Å². The Bertz CT molecular complexity index is 389. The highest BCUT2D eigenvalue weighted by molar-refractivity contribution is 9.10. The summed E-state index contributed by atoms with van der Waals surface area (Å²) >= 11 is 7.39. The summed E-state index contributed by atoms with van der Waals surface area (Å²) in [4.78, 5) is 0. The van der Waals surface area contributed by atoms with Crippen molar-refractivity contribution in [2.75, 3.05) is 13.2 Å². The van der Waals surface area contributed by atoms with Gasteiger partial charge in [0.2, 0.25) is 0 Å². The van der Waals surface area contributed by atoms with Crippen molar-refractivity contribution in [2.24, 2.45) is 4.40 Å². The lowest BCUT2D eigenvalue weighted by Crippen LogP contribution is -2.15. The first-order chi connectivity index (χ1) is 7.81. The molecule has 0 unspecified atom stereocenters. The zero-order chi connectivity index (χ0) is 11.4. The van der Waals surface area contributed by atoms with E-state index in [1.165, 1.54) is 5.56 Å². The number of halogens is 1. The molecule has 4 heteroatoms. The fourth-order valence-electron chi connectivity index (χ4n) is 2.10. The van der Waals surface area contributed by atoms with Crippen LogP contribution in [0.4, 0.5) is 0 Å². The lowest BCUT2D eigenvalue weighted by atomic mass is 9.88. The van der Waals surface area contributed by atoms with Gasteiger partial charge in [0.25, 0.3) is 0 Å². The molecule has 0 bridgehead atoms. The van der Waals surface area contributed by atoms with Gasteiger partial charge < -0.3 is 4.74 Å². The van der Waals surface area contributed by atoms with Gasteiger partial charge in [0, 0.05) is 23.9 Å². The average Bonchev–Trinajstić information content (AvgIpc) is 2.31. The van der Waals surface area contributed by atoms with Crippen LogP contribution in [-0.4, -0.2) is 19.4 Å². The van der Waals surface area contributed by atoms with E-state index >= 15 is 0 Å². The highest BCUT2D eigenvalue weighted by Crippen LogP contribution is 2.30. The molecule has 1 aromatic carbocycles. The van der Waals surface area contributed by atoms with Crippen LogP contribution in [0.2, 0.25) is 0 Å². The molecule has 0 aromatic heterocycles. The number of hydrogen-bond acceptors (Lipinski definition) is 3. The Morgan fingerprint density at radius 2 is 2.12 bits per heavy atom. The molecule has 0 saturated carbocycles. The molecule has 0 radical (unpaired) electrons. The van der Waals surface area contributed by atoms with Crippen molar-refractivity contribution in [3.05, 3.63) is 33.8 Å². The van der Waals surface area contributed by atoms with Gasteiger partial charge in [-0.2, -0.15) is 0 Å².